The summed E-state index contributed by atoms with van der Waals surface area (Å²) >= 11 is 6.96. The SMILES string of the molecule is CCC1(CNc2ncc(Br)cc2Br)CCCC1. The van der Waals surface area contributed by atoms with Gasteiger partial charge in [0, 0.05) is 17.2 Å². The predicted octanol–water partition coefficient (Wildman–Crippen LogP) is 4.99. The quantitative estimate of drug-likeness (QED) is 0.817. The van der Waals surface area contributed by atoms with Gasteiger partial charge in [0.2, 0.25) is 0 Å². The summed E-state index contributed by atoms with van der Waals surface area (Å²) < 4.78 is 2.03. The van der Waals surface area contributed by atoms with E-state index in [4.69, 9.17) is 0 Å². The highest BCUT2D eigenvalue weighted by Gasteiger charge is 2.31. The normalized spacial score (nSPS) is 18.3. The zero-order valence-electron chi connectivity index (χ0n) is 10.1. The standard InChI is InChI=1S/C13H18Br2N2/c1-2-13(5-3-4-6-13)9-17-12-11(15)7-10(14)8-16-12/h7-8H,2-6,9H2,1H3,(H,16,17). The Morgan fingerprint density at radius 3 is 2.65 bits per heavy atom. The van der Waals surface area contributed by atoms with Crippen LogP contribution in [-0.2, 0) is 0 Å². The Hall–Kier alpha value is -0.0900. The van der Waals surface area contributed by atoms with Crippen molar-refractivity contribution in [2.24, 2.45) is 5.41 Å². The van der Waals surface area contributed by atoms with Gasteiger partial charge in [-0.15, -0.1) is 0 Å². The Morgan fingerprint density at radius 2 is 2.06 bits per heavy atom. The summed E-state index contributed by atoms with van der Waals surface area (Å²) in [6.45, 7) is 3.34. The summed E-state index contributed by atoms with van der Waals surface area (Å²) in [5.41, 5.74) is 0.494. The molecule has 0 aliphatic heterocycles. The van der Waals surface area contributed by atoms with Gasteiger partial charge in [0.15, 0.2) is 0 Å². The predicted molar refractivity (Wildman–Crippen MR) is 79.3 cm³/mol. The number of hydrogen-bond acceptors (Lipinski definition) is 2. The van der Waals surface area contributed by atoms with Crippen molar-refractivity contribution in [3.8, 4) is 0 Å². The summed E-state index contributed by atoms with van der Waals surface area (Å²) in [6, 6.07) is 2.03. The largest absolute Gasteiger partial charge is 0.369 e. The fraction of sp³-hybridized carbons (Fsp3) is 0.615. The first-order chi connectivity index (χ1) is 8.15. The molecule has 1 N–H and O–H groups in total. The molecule has 0 saturated heterocycles. The van der Waals surface area contributed by atoms with E-state index in [9.17, 15) is 0 Å². The average molecular weight is 362 g/mol. The highest BCUT2D eigenvalue weighted by atomic mass is 79.9. The van der Waals surface area contributed by atoms with Crippen LogP contribution >= 0.6 is 31.9 Å². The first-order valence-electron chi connectivity index (χ1n) is 6.20. The van der Waals surface area contributed by atoms with Gasteiger partial charge < -0.3 is 5.32 Å². The Kier molecular flexibility index (Phi) is 4.47. The maximum absolute atomic E-state index is 4.40. The van der Waals surface area contributed by atoms with Crippen molar-refractivity contribution in [1.82, 2.24) is 4.98 Å². The molecule has 4 heteroatoms. The molecule has 1 aromatic heterocycles. The molecule has 1 aliphatic rings. The summed E-state index contributed by atoms with van der Waals surface area (Å²) in [5, 5.41) is 3.50. The van der Waals surface area contributed by atoms with Gasteiger partial charge in [-0.2, -0.15) is 0 Å². The number of hydrogen-bond donors (Lipinski definition) is 1. The van der Waals surface area contributed by atoms with Crippen molar-refractivity contribution in [2.45, 2.75) is 39.0 Å². The van der Waals surface area contributed by atoms with Crippen LogP contribution in [0.2, 0.25) is 0 Å². The molecule has 0 spiro atoms. The zero-order chi connectivity index (χ0) is 12.3. The Bertz CT molecular complexity index is 387. The number of pyridine rings is 1. The fourth-order valence-corrected chi connectivity index (χ4v) is 3.72. The van der Waals surface area contributed by atoms with Crippen molar-refractivity contribution in [3.05, 3.63) is 21.2 Å². The highest BCUT2D eigenvalue weighted by Crippen LogP contribution is 2.41. The number of nitrogens with one attached hydrogen (secondary N) is 1. The molecule has 1 fully saturated rings. The summed E-state index contributed by atoms with van der Waals surface area (Å²) in [4.78, 5) is 4.40. The molecule has 0 radical (unpaired) electrons. The van der Waals surface area contributed by atoms with Gasteiger partial charge in [-0.25, -0.2) is 4.98 Å². The van der Waals surface area contributed by atoms with Gasteiger partial charge in [0.1, 0.15) is 5.82 Å². The van der Waals surface area contributed by atoms with Gasteiger partial charge in [-0.3, -0.25) is 0 Å². The molecule has 0 aromatic carbocycles. The van der Waals surface area contributed by atoms with E-state index in [0.717, 1.165) is 21.3 Å². The first-order valence-corrected chi connectivity index (χ1v) is 7.79. The third kappa shape index (κ3) is 3.22. The second-order valence-corrected chi connectivity index (χ2v) is 6.67. The molecule has 1 aromatic rings. The third-order valence-corrected chi connectivity index (χ3v) is 4.89. The highest BCUT2D eigenvalue weighted by molar-refractivity contribution is 9.11. The number of nitrogens with zero attached hydrogens (tertiary/aromatic N) is 1. The molecular formula is C13H18Br2N2. The third-order valence-electron chi connectivity index (χ3n) is 3.85. The molecule has 0 amide bonds. The number of aromatic nitrogens is 1. The van der Waals surface area contributed by atoms with E-state index in [1.807, 2.05) is 12.3 Å². The van der Waals surface area contributed by atoms with Crippen LogP contribution in [0.4, 0.5) is 5.82 Å². The van der Waals surface area contributed by atoms with Gasteiger partial charge in [-0.05, 0) is 62.6 Å². The smallest absolute Gasteiger partial charge is 0.140 e. The molecule has 2 rings (SSSR count). The average Bonchev–Trinajstić information content (AvgIpc) is 2.77. The lowest BCUT2D eigenvalue weighted by Gasteiger charge is -2.28. The van der Waals surface area contributed by atoms with Crippen molar-refractivity contribution in [2.75, 3.05) is 11.9 Å². The van der Waals surface area contributed by atoms with E-state index in [-0.39, 0.29) is 0 Å². The fourth-order valence-electron chi connectivity index (χ4n) is 2.60. The Balaban J connectivity index is 2.01. The lowest BCUT2D eigenvalue weighted by Crippen LogP contribution is -2.26. The minimum atomic E-state index is 0.494. The van der Waals surface area contributed by atoms with E-state index in [0.29, 0.717) is 5.41 Å². The Morgan fingerprint density at radius 1 is 1.35 bits per heavy atom. The number of anilines is 1. The van der Waals surface area contributed by atoms with Crippen molar-refractivity contribution >= 4 is 37.7 Å². The topological polar surface area (TPSA) is 24.9 Å². The first kappa shape index (κ1) is 13.3. The van der Waals surface area contributed by atoms with E-state index in [2.05, 4.69) is 49.1 Å². The zero-order valence-corrected chi connectivity index (χ0v) is 13.3. The van der Waals surface area contributed by atoms with Crippen LogP contribution in [0.5, 0.6) is 0 Å². The van der Waals surface area contributed by atoms with Crippen LogP contribution in [-0.4, -0.2) is 11.5 Å². The molecule has 0 bridgehead atoms. The minimum absolute atomic E-state index is 0.494. The van der Waals surface area contributed by atoms with Crippen LogP contribution in [0.1, 0.15) is 39.0 Å². The van der Waals surface area contributed by atoms with Crippen LogP contribution in [0.25, 0.3) is 0 Å². The Labute approximate surface area is 120 Å². The second-order valence-electron chi connectivity index (χ2n) is 4.90. The van der Waals surface area contributed by atoms with Crippen molar-refractivity contribution < 1.29 is 0 Å². The van der Waals surface area contributed by atoms with Crippen molar-refractivity contribution in [1.29, 1.82) is 0 Å². The minimum Gasteiger partial charge on any atom is -0.369 e. The lowest BCUT2D eigenvalue weighted by molar-refractivity contribution is 0.306. The molecule has 1 saturated carbocycles. The molecule has 2 nitrogen and oxygen atoms in total. The second kappa shape index (κ2) is 5.70. The molecule has 17 heavy (non-hydrogen) atoms. The van der Waals surface area contributed by atoms with Crippen LogP contribution in [0.3, 0.4) is 0 Å². The van der Waals surface area contributed by atoms with E-state index < -0.39 is 0 Å². The molecule has 0 atom stereocenters. The molecule has 0 unspecified atom stereocenters. The summed E-state index contributed by atoms with van der Waals surface area (Å²) in [5.74, 6) is 0.952. The molecule has 94 valence electrons. The summed E-state index contributed by atoms with van der Waals surface area (Å²) in [6.07, 6.45) is 8.55. The van der Waals surface area contributed by atoms with Gasteiger partial charge in [0.25, 0.3) is 0 Å². The van der Waals surface area contributed by atoms with Crippen LogP contribution < -0.4 is 5.32 Å². The summed E-state index contributed by atoms with van der Waals surface area (Å²) in [7, 11) is 0. The van der Waals surface area contributed by atoms with E-state index >= 15 is 0 Å². The lowest BCUT2D eigenvalue weighted by atomic mass is 9.83. The van der Waals surface area contributed by atoms with Crippen molar-refractivity contribution in [3.63, 3.8) is 0 Å². The monoisotopic (exact) mass is 360 g/mol. The maximum Gasteiger partial charge on any atom is 0.140 e. The number of halogens is 2. The van der Waals surface area contributed by atoms with Crippen LogP contribution in [0.15, 0.2) is 21.2 Å². The molecule has 1 aliphatic carbocycles. The van der Waals surface area contributed by atoms with E-state index in [1.165, 1.54) is 32.1 Å². The number of rotatable bonds is 4. The maximum atomic E-state index is 4.40. The van der Waals surface area contributed by atoms with Gasteiger partial charge >= 0.3 is 0 Å². The molecule has 1 heterocycles. The molecular weight excluding hydrogens is 344 g/mol. The van der Waals surface area contributed by atoms with E-state index in [1.54, 1.807) is 0 Å². The van der Waals surface area contributed by atoms with Gasteiger partial charge in [0.05, 0.1) is 4.47 Å². The van der Waals surface area contributed by atoms with Gasteiger partial charge in [-0.1, -0.05) is 19.8 Å². The van der Waals surface area contributed by atoms with Crippen LogP contribution in [0, 0.1) is 5.41 Å².